The number of nitrogens with one attached hydrogen (secondary N) is 2. The summed E-state index contributed by atoms with van der Waals surface area (Å²) in [6.45, 7) is 3.75. The molecule has 1 amide bonds. The Hall–Kier alpha value is -1.89. The topological polar surface area (TPSA) is 96.2 Å². The van der Waals surface area contributed by atoms with Crippen LogP contribution in [0.3, 0.4) is 0 Å². The van der Waals surface area contributed by atoms with Crippen molar-refractivity contribution in [1.29, 1.82) is 0 Å². The highest BCUT2D eigenvalue weighted by Gasteiger charge is 2.41. The molecule has 114 valence electrons. The van der Waals surface area contributed by atoms with E-state index in [1.165, 1.54) is 6.33 Å². The molecule has 0 radical (unpaired) electrons. The van der Waals surface area contributed by atoms with Gasteiger partial charge in [0.2, 0.25) is 5.91 Å². The highest BCUT2D eigenvalue weighted by molar-refractivity contribution is 5.83. The summed E-state index contributed by atoms with van der Waals surface area (Å²) in [5.74, 6) is 7.44. The molecule has 2 aliphatic heterocycles. The van der Waals surface area contributed by atoms with E-state index in [0.29, 0.717) is 12.4 Å². The summed E-state index contributed by atoms with van der Waals surface area (Å²) in [7, 11) is 0. The van der Waals surface area contributed by atoms with E-state index in [-0.39, 0.29) is 17.9 Å². The molecule has 2 saturated heterocycles. The molecule has 4 N–H and O–H groups in total. The Morgan fingerprint density at radius 3 is 3.14 bits per heavy atom. The molecule has 0 spiro atoms. The summed E-state index contributed by atoms with van der Waals surface area (Å²) in [5, 5.41) is 2.98. The first-order valence-electron chi connectivity index (χ1n) is 7.61. The van der Waals surface area contributed by atoms with Crippen LogP contribution in [0.25, 0.3) is 0 Å². The fourth-order valence-corrected chi connectivity index (χ4v) is 3.47. The number of hydrogen-bond donors (Lipinski definition) is 3. The molecule has 7 heteroatoms. The number of carbonyl (C=O) groups is 1. The van der Waals surface area contributed by atoms with Crippen molar-refractivity contribution in [2.45, 2.75) is 38.6 Å². The van der Waals surface area contributed by atoms with Crippen LogP contribution >= 0.6 is 0 Å². The lowest BCUT2D eigenvalue weighted by molar-refractivity contribution is -0.122. The monoisotopic (exact) mass is 290 g/mol. The van der Waals surface area contributed by atoms with Crippen molar-refractivity contribution in [2.24, 2.45) is 11.8 Å². The van der Waals surface area contributed by atoms with Gasteiger partial charge in [0, 0.05) is 18.7 Å². The first-order chi connectivity index (χ1) is 10.3. The predicted molar refractivity (Wildman–Crippen MR) is 80.7 cm³/mol. The highest BCUT2D eigenvalue weighted by atomic mass is 16.2. The number of nitrogens with two attached hydrogens (primary N) is 1. The Balaban J connectivity index is 1.97. The molecule has 1 aromatic rings. The van der Waals surface area contributed by atoms with Crippen LogP contribution in [0.15, 0.2) is 6.33 Å². The quantitative estimate of drug-likeness (QED) is 0.550. The van der Waals surface area contributed by atoms with Gasteiger partial charge in [0.25, 0.3) is 0 Å². The minimum Gasteiger partial charge on any atom is -0.354 e. The van der Waals surface area contributed by atoms with E-state index in [2.05, 4.69) is 32.5 Å². The number of nitrogen functional groups attached to an aromatic ring is 1. The van der Waals surface area contributed by atoms with Crippen molar-refractivity contribution < 1.29 is 4.79 Å². The standard InChI is InChI=1S/C14H22N6O/c1-2-4-10-12(19-15)17-8-18-13(10)20-6-3-5-9-11(20)7-16-14(9)21/h8-9,11H,2-7,15H2,1H3,(H,16,21)(H,17,18,19). The van der Waals surface area contributed by atoms with Gasteiger partial charge in [-0.3, -0.25) is 4.79 Å². The largest absolute Gasteiger partial charge is 0.354 e. The predicted octanol–water partition coefficient (Wildman–Crippen LogP) is 0.430. The maximum absolute atomic E-state index is 11.9. The third kappa shape index (κ3) is 2.42. The maximum atomic E-state index is 11.9. The Kier molecular flexibility index (Phi) is 3.92. The van der Waals surface area contributed by atoms with E-state index in [9.17, 15) is 4.79 Å². The van der Waals surface area contributed by atoms with E-state index in [1.807, 2.05) is 0 Å². The molecule has 2 atom stereocenters. The summed E-state index contributed by atoms with van der Waals surface area (Å²) in [6.07, 6.45) is 5.37. The average Bonchev–Trinajstić information content (AvgIpc) is 2.89. The van der Waals surface area contributed by atoms with Crippen molar-refractivity contribution in [1.82, 2.24) is 15.3 Å². The van der Waals surface area contributed by atoms with E-state index in [0.717, 1.165) is 43.6 Å². The number of anilines is 2. The number of hydrogen-bond acceptors (Lipinski definition) is 6. The fraction of sp³-hybridized carbons (Fsp3) is 0.643. The van der Waals surface area contributed by atoms with Gasteiger partial charge < -0.3 is 15.6 Å². The van der Waals surface area contributed by atoms with Crippen LogP contribution in [0.2, 0.25) is 0 Å². The summed E-state index contributed by atoms with van der Waals surface area (Å²) in [6, 6.07) is 0.197. The molecule has 3 heterocycles. The minimum atomic E-state index is 0.0810. The van der Waals surface area contributed by atoms with Crippen molar-refractivity contribution >= 4 is 17.5 Å². The Labute approximate surface area is 124 Å². The number of nitrogens with zero attached hydrogens (tertiary/aromatic N) is 3. The Bertz CT molecular complexity index is 534. The van der Waals surface area contributed by atoms with E-state index in [4.69, 9.17) is 5.84 Å². The van der Waals surface area contributed by atoms with Crippen molar-refractivity contribution in [3.8, 4) is 0 Å². The zero-order valence-electron chi connectivity index (χ0n) is 12.3. The van der Waals surface area contributed by atoms with E-state index in [1.54, 1.807) is 0 Å². The number of amides is 1. The van der Waals surface area contributed by atoms with E-state index < -0.39 is 0 Å². The van der Waals surface area contributed by atoms with Crippen LogP contribution in [0.4, 0.5) is 11.6 Å². The summed E-state index contributed by atoms with van der Waals surface area (Å²) in [5.41, 5.74) is 3.71. The lowest BCUT2D eigenvalue weighted by Gasteiger charge is -2.37. The molecule has 2 aliphatic rings. The van der Waals surface area contributed by atoms with Crippen LogP contribution in [0, 0.1) is 5.92 Å². The molecule has 0 aliphatic carbocycles. The zero-order chi connectivity index (χ0) is 14.8. The molecule has 21 heavy (non-hydrogen) atoms. The second-order valence-electron chi connectivity index (χ2n) is 5.67. The molecule has 0 saturated carbocycles. The zero-order valence-corrected chi connectivity index (χ0v) is 12.3. The molecule has 7 nitrogen and oxygen atoms in total. The van der Waals surface area contributed by atoms with Crippen LogP contribution in [0.1, 0.15) is 31.7 Å². The van der Waals surface area contributed by atoms with Crippen molar-refractivity contribution in [2.75, 3.05) is 23.4 Å². The molecule has 0 bridgehead atoms. The number of fused-ring (bicyclic) bond motifs is 1. The van der Waals surface area contributed by atoms with Gasteiger partial charge in [-0.05, 0) is 19.3 Å². The number of aromatic nitrogens is 2. The molecule has 0 aromatic carbocycles. The number of carbonyl (C=O) groups excluding carboxylic acids is 1. The molecular formula is C14H22N6O. The number of hydrazine groups is 1. The van der Waals surface area contributed by atoms with Gasteiger partial charge in [0.15, 0.2) is 0 Å². The van der Waals surface area contributed by atoms with Gasteiger partial charge in [-0.1, -0.05) is 13.3 Å². The highest BCUT2D eigenvalue weighted by Crippen LogP contribution is 2.34. The SMILES string of the molecule is CCCc1c(NN)ncnc1N1CCCC2C(=O)NCC21. The van der Waals surface area contributed by atoms with E-state index >= 15 is 0 Å². The molecular weight excluding hydrogens is 268 g/mol. The Morgan fingerprint density at radius 1 is 1.52 bits per heavy atom. The molecule has 3 rings (SSSR count). The van der Waals surface area contributed by atoms with Gasteiger partial charge in [0.1, 0.15) is 18.0 Å². The summed E-state index contributed by atoms with van der Waals surface area (Å²) in [4.78, 5) is 22.9. The first-order valence-corrected chi connectivity index (χ1v) is 7.61. The third-order valence-corrected chi connectivity index (χ3v) is 4.43. The van der Waals surface area contributed by atoms with Gasteiger partial charge in [0.05, 0.1) is 12.0 Å². The van der Waals surface area contributed by atoms with Crippen molar-refractivity contribution in [3.05, 3.63) is 11.9 Å². The smallest absolute Gasteiger partial charge is 0.225 e. The first kappa shape index (κ1) is 14.1. The normalized spacial score (nSPS) is 24.7. The molecule has 2 fully saturated rings. The van der Waals surface area contributed by atoms with Crippen molar-refractivity contribution in [3.63, 3.8) is 0 Å². The van der Waals surface area contributed by atoms with Gasteiger partial charge in [-0.15, -0.1) is 0 Å². The van der Waals surface area contributed by atoms with Crippen LogP contribution < -0.4 is 21.5 Å². The second kappa shape index (κ2) is 5.85. The molecule has 2 unspecified atom stereocenters. The van der Waals surface area contributed by atoms with Crippen LogP contribution in [0.5, 0.6) is 0 Å². The van der Waals surface area contributed by atoms with Crippen LogP contribution in [-0.2, 0) is 11.2 Å². The lowest BCUT2D eigenvalue weighted by Crippen LogP contribution is -2.46. The van der Waals surface area contributed by atoms with Gasteiger partial charge in [-0.25, -0.2) is 15.8 Å². The minimum absolute atomic E-state index is 0.0810. The maximum Gasteiger partial charge on any atom is 0.225 e. The number of piperidine rings is 1. The fourth-order valence-electron chi connectivity index (χ4n) is 3.47. The third-order valence-electron chi connectivity index (χ3n) is 4.43. The van der Waals surface area contributed by atoms with Gasteiger partial charge in [-0.2, -0.15) is 0 Å². The van der Waals surface area contributed by atoms with Gasteiger partial charge >= 0.3 is 0 Å². The summed E-state index contributed by atoms with van der Waals surface area (Å²) >= 11 is 0. The second-order valence-corrected chi connectivity index (χ2v) is 5.67. The summed E-state index contributed by atoms with van der Waals surface area (Å²) < 4.78 is 0. The lowest BCUT2D eigenvalue weighted by atomic mass is 9.91. The molecule has 1 aromatic heterocycles. The Morgan fingerprint density at radius 2 is 2.38 bits per heavy atom. The average molecular weight is 290 g/mol. The number of rotatable bonds is 4. The van der Waals surface area contributed by atoms with Crippen LogP contribution in [-0.4, -0.2) is 35.0 Å².